The molecule has 0 fully saturated rings. The smallest absolute Gasteiger partial charge is 0.226 e. The Morgan fingerprint density at radius 1 is 1.03 bits per heavy atom. The quantitative estimate of drug-likeness (QED) is 0.374. The number of aliphatic hydroxyl groups is 1. The molecular weight excluding hydrogens is 424 g/mol. The average Bonchev–Trinajstić information content (AvgIpc) is 2.84. The van der Waals surface area contributed by atoms with Crippen LogP contribution in [0.4, 0.5) is 5.69 Å². The van der Waals surface area contributed by atoms with E-state index in [1.54, 1.807) is 67.6 Å². The second-order valence-corrected chi connectivity index (χ2v) is 7.85. The Morgan fingerprint density at radius 2 is 1.66 bits per heavy atom. The van der Waals surface area contributed by atoms with Gasteiger partial charge in [0.05, 0.1) is 30.2 Å². The van der Waals surface area contributed by atoms with Crippen molar-refractivity contribution in [1.82, 2.24) is 5.32 Å². The minimum Gasteiger partial charge on any atom is -0.388 e. The van der Waals surface area contributed by atoms with Crippen LogP contribution in [0.25, 0.3) is 4.85 Å². The van der Waals surface area contributed by atoms with Gasteiger partial charge in [-0.25, -0.2) is 4.85 Å². The summed E-state index contributed by atoms with van der Waals surface area (Å²) in [5.74, 6) is -1.50. The summed E-state index contributed by atoms with van der Waals surface area (Å²) in [7, 11) is 0. The minimum atomic E-state index is -1.08. The number of hydrogen-bond acceptors (Lipinski definition) is 3. The van der Waals surface area contributed by atoms with Crippen molar-refractivity contribution >= 4 is 29.0 Å². The highest BCUT2D eigenvalue weighted by molar-refractivity contribution is 6.34. The summed E-state index contributed by atoms with van der Waals surface area (Å²) in [4.78, 5) is 28.9. The van der Waals surface area contributed by atoms with Gasteiger partial charge in [0.25, 0.3) is 0 Å². The maximum Gasteiger partial charge on any atom is 0.226 e. The summed E-state index contributed by atoms with van der Waals surface area (Å²) in [6.07, 6.45) is -0.882. The van der Waals surface area contributed by atoms with Crippen LogP contribution < -0.4 is 5.32 Å². The lowest BCUT2D eigenvalue weighted by atomic mass is 9.87. The number of nitrogens with one attached hydrogen (secondary N) is 1. The lowest BCUT2D eigenvalue weighted by Crippen LogP contribution is -2.38. The number of benzene rings is 3. The van der Waals surface area contributed by atoms with Crippen molar-refractivity contribution < 1.29 is 14.7 Å². The highest BCUT2D eigenvalue weighted by Gasteiger charge is 2.29. The second kappa shape index (κ2) is 10.7. The Balaban J connectivity index is 1.84. The third-order valence-corrected chi connectivity index (χ3v) is 5.89. The van der Waals surface area contributed by atoms with E-state index < -0.39 is 17.9 Å². The van der Waals surface area contributed by atoms with Gasteiger partial charge >= 0.3 is 0 Å². The molecular formula is C26H23ClN2O3. The monoisotopic (exact) mass is 446 g/mol. The second-order valence-electron chi connectivity index (χ2n) is 7.47. The maximum atomic E-state index is 13.1. The number of Topliss-reactive ketones (excluding diaryl/α,β-unsaturated/α-hetero) is 1. The lowest BCUT2D eigenvalue weighted by molar-refractivity contribution is -0.128. The molecule has 0 bridgehead atoms. The summed E-state index contributed by atoms with van der Waals surface area (Å²) in [5.41, 5.74) is 2.89. The van der Waals surface area contributed by atoms with Gasteiger partial charge in [0, 0.05) is 5.56 Å². The van der Waals surface area contributed by atoms with Crippen LogP contribution in [-0.2, 0) is 11.2 Å². The predicted octanol–water partition coefficient (Wildman–Crippen LogP) is 5.09. The largest absolute Gasteiger partial charge is 0.388 e. The molecule has 2 unspecified atom stereocenters. The molecule has 5 nitrogen and oxygen atoms in total. The van der Waals surface area contributed by atoms with Gasteiger partial charge in [0.2, 0.25) is 11.6 Å². The van der Waals surface area contributed by atoms with Crippen molar-refractivity contribution in [2.24, 2.45) is 5.92 Å². The van der Waals surface area contributed by atoms with E-state index in [1.165, 1.54) is 0 Å². The first-order chi connectivity index (χ1) is 15.4. The Kier molecular flexibility index (Phi) is 7.77. The number of carbonyl (C=O) groups excluding carboxylic acids is 2. The first-order valence-electron chi connectivity index (χ1n) is 10.2. The number of amides is 1. The molecule has 0 radical (unpaired) electrons. The zero-order valence-electron chi connectivity index (χ0n) is 17.6. The van der Waals surface area contributed by atoms with E-state index in [0.29, 0.717) is 27.4 Å². The number of carbonyl (C=O) groups is 2. The summed E-state index contributed by atoms with van der Waals surface area (Å²) in [6, 6.07) is 21.0. The Bertz CT molecular complexity index is 1140. The molecule has 3 aromatic carbocycles. The van der Waals surface area contributed by atoms with E-state index in [2.05, 4.69) is 10.2 Å². The first-order valence-corrected chi connectivity index (χ1v) is 10.5. The molecule has 0 aliphatic rings. The summed E-state index contributed by atoms with van der Waals surface area (Å²) in [5, 5.41) is 14.0. The molecule has 162 valence electrons. The molecule has 0 aromatic heterocycles. The fraction of sp³-hybridized carbons (Fsp3) is 0.192. The van der Waals surface area contributed by atoms with Gasteiger partial charge in [-0.05, 0) is 30.0 Å². The van der Waals surface area contributed by atoms with Gasteiger partial charge in [-0.15, -0.1) is 0 Å². The van der Waals surface area contributed by atoms with Crippen molar-refractivity contribution in [3.05, 3.63) is 111 Å². The highest BCUT2D eigenvalue weighted by Crippen LogP contribution is 2.33. The third-order valence-electron chi connectivity index (χ3n) is 5.42. The van der Waals surface area contributed by atoms with Gasteiger partial charge in [-0.1, -0.05) is 84.4 Å². The number of hydrogen-bond donors (Lipinski definition) is 2. The van der Waals surface area contributed by atoms with E-state index in [1.807, 2.05) is 12.1 Å². The lowest BCUT2D eigenvalue weighted by Gasteiger charge is -2.24. The summed E-state index contributed by atoms with van der Waals surface area (Å²) < 4.78 is 0. The van der Waals surface area contributed by atoms with E-state index >= 15 is 0 Å². The molecule has 2 atom stereocenters. The number of nitrogens with zero attached hydrogens (tertiary/aromatic N) is 1. The fourth-order valence-corrected chi connectivity index (χ4v) is 3.74. The van der Waals surface area contributed by atoms with Crippen LogP contribution in [0, 0.1) is 19.4 Å². The molecule has 0 saturated heterocycles. The highest BCUT2D eigenvalue weighted by atomic mass is 35.5. The number of aliphatic hydroxyl groups excluding tert-OH is 1. The average molecular weight is 447 g/mol. The van der Waals surface area contributed by atoms with Crippen LogP contribution in [0.15, 0.2) is 72.8 Å². The number of rotatable bonds is 8. The fourth-order valence-electron chi connectivity index (χ4n) is 3.51. The van der Waals surface area contributed by atoms with Gasteiger partial charge in [-0.3, -0.25) is 9.59 Å². The number of halogens is 1. The van der Waals surface area contributed by atoms with Gasteiger partial charge in [0.1, 0.15) is 0 Å². The molecule has 3 aromatic rings. The van der Waals surface area contributed by atoms with E-state index in [9.17, 15) is 14.7 Å². The summed E-state index contributed by atoms with van der Waals surface area (Å²) in [6.45, 7) is 8.83. The Labute approximate surface area is 192 Å². The first kappa shape index (κ1) is 23.2. The molecule has 0 aliphatic heterocycles. The van der Waals surface area contributed by atoms with Crippen molar-refractivity contribution in [1.29, 1.82) is 0 Å². The van der Waals surface area contributed by atoms with Crippen molar-refractivity contribution in [3.8, 4) is 0 Å². The molecule has 6 heteroatoms. The molecule has 0 saturated carbocycles. The summed E-state index contributed by atoms with van der Waals surface area (Å²) >= 11 is 6.31. The maximum absolute atomic E-state index is 13.1. The standard InChI is InChI=1S/C26H23ClN2O3/c1-17-20(13-14-22(28-2)24(17)27)15-21(25(31)19-11-7-4-8-12-19)26(32)29-16-23(30)18-9-5-3-6-10-18/h3-14,21,25,31H,15-16H2,1H3,(H,29,32). The van der Waals surface area contributed by atoms with E-state index in [4.69, 9.17) is 18.2 Å². The Morgan fingerprint density at radius 3 is 2.28 bits per heavy atom. The van der Waals surface area contributed by atoms with E-state index in [0.717, 1.165) is 5.56 Å². The van der Waals surface area contributed by atoms with Crippen LogP contribution in [-0.4, -0.2) is 23.3 Å². The third kappa shape index (κ3) is 5.42. The zero-order valence-corrected chi connectivity index (χ0v) is 18.3. The van der Waals surface area contributed by atoms with Crippen molar-refractivity contribution in [2.75, 3.05) is 6.54 Å². The van der Waals surface area contributed by atoms with E-state index in [-0.39, 0.29) is 18.7 Å². The van der Waals surface area contributed by atoms with Crippen LogP contribution in [0.3, 0.4) is 0 Å². The minimum absolute atomic E-state index is 0.169. The van der Waals surface area contributed by atoms with Gasteiger partial charge in [0.15, 0.2) is 5.78 Å². The number of ketones is 1. The van der Waals surface area contributed by atoms with Crippen LogP contribution in [0.5, 0.6) is 0 Å². The molecule has 0 spiro atoms. The zero-order chi connectivity index (χ0) is 23.1. The SMILES string of the molecule is [C-]#[N+]c1ccc(CC(C(=O)NCC(=O)c2ccccc2)C(O)c2ccccc2)c(C)c1Cl. The molecule has 2 N–H and O–H groups in total. The predicted molar refractivity (Wildman–Crippen MR) is 125 cm³/mol. The molecule has 3 rings (SSSR count). The Hall–Kier alpha value is -3.46. The van der Waals surface area contributed by atoms with Crippen LogP contribution in [0.2, 0.25) is 5.02 Å². The molecule has 1 amide bonds. The van der Waals surface area contributed by atoms with Crippen LogP contribution in [0.1, 0.15) is 33.2 Å². The normalized spacial score (nSPS) is 12.4. The van der Waals surface area contributed by atoms with Gasteiger partial charge in [-0.2, -0.15) is 0 Å². The molecule has 0 heterocycles. The molecule has 32 heavy (non-hydrogen) atoms. The van der Waals surface area contributed by atoms with Gasteiger partial charge < -0.3 is 10.4 Å². The van der Waals surface area contributed by atoms with Crippen molar-refractivity contribution in [2.45, 2.75) is 19.4 Å². The van der Waals surface area contributed by atoms with Crippen LogP contribution >= 0.6 is 11.6 Å². The topological polar surface area (TPSA) is 70.8 Å². The molecule has 0 aliphatic carbocycles. The van der Waals surface area contributed by atoms with Crippen molar-refractivity contribution in [3.63, 3.8) is 0 Å².